The number of alkyl carbamates (subject to hydrolysis) is 1. The summed E-state index contributed by atoms with van der Waals surface area (Å²) in [5.74, 6) is 1.35. The minimum absolute atomic E-state index is 0.0999. The molecule has 0 unspecified atom stereocenters. The molecule has 0 bridgehead atoms. The summed E-state index contributed by atoms with van der Waals surface area (Å²) in [5.41, 5.74) is 0. The number of aliphatic hydroxyl groups excluding tert-OH is 1. The van der Waals surface area contributed by atoms with E-state index in [9.17, 15) is 4.79 Å². The molecule has 0 aromatic heterocycles. The number of hydrogen-bond acceptors (Lipinski definition) is 5. The lowest BCUT2D eigenvalue weighted by molar-refractivity contribution is 0.117. The van der Waals surface area contributed by atoms with Crippen LogP contribution in [-0.2, 0) is 4.74 Å². The Morgan fingerprint density at radius 3 is 1.92 bits per heavy atom. The van der Waals surface area contributed by atoms with Crippen LogP contribution in [0, 0.1) is 0 Å². The van der Waals surface area contributed by atoms with Gasteiger partial charge < -0.3 is 15.2 Å². The Bertz CT molecular complexity index is 552. The van der Waals surface area contributed by atoms with Crippen LogP contribution in [0.5, 0.6) is 0 Å². The third-order valence-corrected chi connectivity index (χ3v) is 5.30. The number of aliphatic hydroxyl groups is 1. The van der Waals surface area contributed by atoms with Gasteiger partial charge in [0.1, 0.15) is 6.10 Å². The summed E-state index contributed by atoms with van der Waals surface area (Å²) in [5, 5.41) is 11.3. The van der Waals surface area contributed by atoms with Crippen molar-refractivity contribution in [3.63, 3.8) is 0 Å². The van der Waals surface area contributed by atoms with E-state index in [-0.39, 0.29) is 19.3 Å². The number of rotatable bonds is 9. The molecule has 0 saturated carbocycles. The summed E-state index contributed by atoms with van der Waals surface area (Å²) in [7, 11) is 0. The van der Waals surface area contributed by atoms with Gasteiger partial charge in [0.15, 0.2) is 0 Å². The average molecular weight is 364 g/mol. The smallest absolute Gasteiger partial charge is 0.407 e. The lowest BCUT2D eigenvalue weighted by atomic mass is 10.4. The Morgan fingerprint density at radius 2 is 1.46 bits per heavy atom. The van der Waals surface area contributed by atoms with Crippen molar-refractivity contribution in [2.75, 3.05) is 24.7 Å². The topological polar surface area (TPSA) is 58.6 Å². The largest absolute Gasteiger partial charge is 0.444 e. The number of carbonyl (C=O) groups is 1. The second-order valence-electron chi connectivity index (χ2n) is 4.93. The molecule has 0 aliphatic rings. The van der Waals surface area contributed by atoms with Gasteiger partial charge in [-0.1, -0.05) is 36.4 Å². The van der Waals surface area contributed by atoms with E-state index in [1.54, 1.807) is 23.5 Å². The maximum atomic E-state index is 11.8. The van der Waals surface area contributed by atoms with E-state index in [4.69, 9.17) is 9.84 Å². The van der Waals surface area contributed by atoms with Gasteiger partial charge in [-0.25, -0.2) is 4.79 Å². The minimum Gasteiger partial charge on any atom is -0.444 e. The minimum atomic E-state index is -0.489. The van der Waals surface area contributed by atoms with Crippen LogP contribution in [0.3, 0.4) is 0 Å². The first kappa shape index (κ1) is 18.7. The van der Waals surface area contributed by atoms with Crippen LogP contribution < -0.4 is 5.32 Å². The molecule has 0 saturated heterocycles. The predicted molar refractivity (Wildman–Crippen MR) is 99.7 cm³/mol. The van der Waals surface area contributed by atoms with E-state index in [0.29, 0.717) is 11.5 Å². The van der Waals surface area contributed by atoms with Crippen molar-refractivity contribution >= 4 is 29.6 Å². The highest BCUT2D eigenvalue weighted by atomic mass is 32.2. The molecule has 0 aliphatic carbocycles. The molecule has 4 nitrogen and oxygen atoms in total. The monoisotopic (exact) mass is 363 g/mol. The zero-order valence-corrected chi connectivity index (χ0v) is 14.9. The van der Waals surface area contributed by atoms with Gasteiger partial charge in [-0.3, -0.25) is 0 Å². The summed E-state index contributed by atoms with van der Waals surface area (Å²) < 4.78 is 5.49. The summed E-state index contributed by atoms with van der Waals surface area (Å²) in [4.78, 5) is 14.1. The van der Waals surface area contributed by atoms with Crippen LogP contribution in [0.4, 0.5) is 4.79 Å². The van der Waals surface area contributed by atoms with Crippen molar-refractivity contribution in [3.05, 3.63) is 60.7 Å². The quantitative estimate of drug-likeness (QED) is 0.666. The standard InChI is InChI=1S/C18H21NO3S2/c20-12-11-19-18(21)22-15(13-23-16-7-3-1-4-8-16)14-24-17-9-5-2-6-10-17/h1-10,15,20H,11-14H2,(H,19,21). The first-order valence-electron chi connectivity index (χ1n) is 7.69. The Labute approximate surface area is 151 Å². The fraction of sp³-hybridized carbons (Fsp3) is 0.278. The van der Waals surface area contributed by atoms with E-state index in [0.717, 1.165) is 9.79 Å². The molecule has 2 aromatic rings. The van der Waals surface area contributed by atoms with Crippen LogP contribution in [0.15, 0.2) is 70.5 Å². The van der Waals surface area contributed by atoms with Crippen LogP contribution in [0.1, 0.15) is 0 Å². The van der Waals surface area contributed by atoms with Crippen LogP contribution in [0.2, 0.25) is 0 Å². The molecule has 128 valence electrons. The van der Waals surface area contributed by atoms with Crippen molar-refractivity contribution in [1.82, 2.24) is 5.32 Å². The van der Waals surface area contributed by atoms with Gasteiger partial charge in [-0.15, -0.1) is 23.5 Å². The molecule has 0 atom stereocenters. The van der Waals surface area contributed by atoms with E-state index < -0.39 is 6.09 Å². The highest BCUT2D eigenvalue weighted by Crippen LogP contribution is 2.24. The van der Waals surface area contributed by atoms with Gasteiger partial charge in [-0.05, 0) is 24.3 Å². The second kappa shape index (κ2) is 11.0. The lowest BCUT2D eigenvalue weighted by Gasteiger charge is -2.17. The highest BCUT2D eigenvalue weighted by Gasteiger charge is 2.15. The van der Waals surface area contributed by atoms with E-state index in [2.05, 4.69) is 5.32 Å². The zero-order chi connectivity index (χ0) is 17.0. The Kier molecular flexibility index (Phi) is 8.59. The SMILES string of the molecule is O=C(NCCO)OC(CSc1ccccc1)CSc1ccccc1. The molecule has 0 aliphatic heterocycles. The van der Waals surface area contributed by atoms with Crippen molar-refractivity contribution in [2.24, 2.45) is 0 Å². The summed E-state index contributed by atoms with van der Waals surface area (Å²) in [6.07, 6.45) is -0.713. The van der Waals surface area contributed by atoms with Crippen LogP contribution in [-0.4, -0.2) is 42.0 Å². The maximum absolute atomic E-state index is 11.8. The molecule has 0 fully saturated rings. The van der Waals surface area contributed by atoms with Crippen LogP contribution in [0.25, 0.3) is 0 Å². The highest BCUT2D eigenvalue weighted by molar-refractivity contribution is 8.00. The van der Waals surface area contributed by atoms with Gasteiger partial charge in [0.2, 0.25) is 0 Å². The number of thioether (sulfide) groups is 2. The average Bonchev–Trinajstić information content (AvgIpc) is 2.64. The molecule has 24 heavy (non-hydrogen) atoms. The summed E-state index contributed by atoms with van der Waals surface area (Å²) in [6.45, 7) is 0.0977. The van der Waals surface area contributed by atoms with Crippen molar-refractivity contribution in [3.8, 4) is 0 Å². The maximum Gasteiger partial charge on any atom is 0.407 e. The first-order valence-corrected chi connectivity index (χ1v) is 9.66. The van der Waals surface area contributed by atoms with Crippen LogP contribution >= 0.6 is 23.5 Å². The molecule has 2 aromatic carbocycles. The van der Waals surface area contributed by atoms with Gasteiger partial charge in [0, 0.05) is 27.8 Å². The second-order valence-corrected chi connectivity index (χ2v) is 7.11. The van der Waals surface area contributed by atoms with Crippen molar-refractivity contribution < 1.29 is 14.6 Å². The molecule has 0 radical (unpaired) electrons. The molecule has 2 rings (SSSR count). The van der Waals surface area contributed by atoms with E-state index >= 15 is 0 Å². The third kappa shape index (κ3) is 7.29. The molecule has 0 heterocycles. The van der Waals surface area contributed by atoms with E-state index in [1.165, 1.54) is 0 Å². The molecule has 1 amide bonds. The fourth-order valence-corrected chi connectivity index (χ4v) is 3.86. The third-order valence-electron chi connectivity index (χ3n) is 3.01. The fourth-order valence-electron chi connectivity index (χ4n) is 1.88. The predicted octanol–water partition coefficient (Wildman–Crippen LogP) is 3.66. The molecule has 0 spiro atoms. The van der Waals surface area contributed by atoms with Crippen molar-refractivity contribution in [2.45, 2.75) is 15.9 Å². The lowest BCUT2D eigenvalue weighted by Crippen LogP contribution is -2.33. The zero-order valence-electron chi connectivity index (χ0n) is 13.3. The number of benzene rings is 2. The van der Waals surface area contributed by atoms with Gasteiger partial charge in [-0.2, -0.15) is 0 Å². The Morgan fingerprint density at radius 1 is 0.958 bits per heavy atom. The molecule has 2 N–H and O–H groups in total. The molecule has 6 heteroatoms. The first-order chi connectivity index (χ1) is 11.8. The number of ether oxygens (including phenoxy) is 1. The number of hydrogen-bond donors (Lipinski definition) is 2. The normalized spacial score (nSPS) is 10.6. The number of nitrogens with one attached hydrogen (secondary N) is 1. The Hall–Kier alpha value is -1.63. The molecular formula is C18H21NO3S2. The number of carbonyl (C=O) groups excluding carboxylic acids is 1. The van der Waals surface area contributed by atoms with Crippen molar-refractivity contribution in [1.29, 1.82) is 0 Å². The number of amides is 1. The van der Waals surface area contributed by atoms with Gasteiger partial charge in [0.25, 0.3) is 0 Å². The summed E-state index contributed by atoms with van der Waals surface area (Å²) >= 11 is 3.32. The van der Waals surface area contributed by atoms with Gasteiger partial charge >= 0.3 is 6.09 Å². The molecular weight excluding hydrogens is 342 g/mol. The Balaban J connectivity index is 1.88. The summed E-state index contributed by atoms with van der Waals surface area (Å²) in [6, 6.07) is 20.1. The van der Waals surface area contributed by atoms with E-state index in [1.807, 2.05) is 60.7 Å². The van der Waals surface area contributed by atoms with Gasteiger partial charge in [0.05, 0.1) is 6.61 Å².